The third-order valence-electron chi connectivity index (χ3n) is 4.80. The molecule has 1 atom stereocenters. The number of benzene rings is 2. The van der Waals surface area contributed by atoms with Crippen LogP contribution in [-0.2, 0) is 16.4 Å². The molecule has 1 aliphatic heterocycles. The second-order valence-electron chi connectivity index (χ2n) is 6.68. The van der Waals surface area contributed by atoms with Gasteiger partial charge in [-0.3, -0.25) is 0 Å². The third-order valence-corrected chi connectivity index (χ3v) is 6.90. The lowest BCUT2D eigenvalue weighted by Crippen LogP contribution is -2.35. The molecule has 1 heterocycles. The first-order valence-corrected chi connectivity index (χ1v) is 10.3. The van der Waals surface area contributed by atoms with Gasteiger partial charge in [-0.15, -0.1) is 0 Å². The lowest BCUT2D eigenvalue weighted by Gasteiger charge is -2.34. The van der Waals surface area contributed by atoms with Crippen molar-refractivity contribution in [1.29, 1.82) is 0 Å². The first-order chi connectivity index (χ1) is 12.0. The fourth-order valence-electron chi connectivity index (χ4n) is 3.28. The van der Waals surface area contributed by atoms with Crippen LogP contribution in [0.1, 0.15) is 30.9 Å². The van der Waals surface area contributed by atoms with Crippen molar-refractivity contribution in [2.24, 2.45) is 0 Å². The van der Waals surface area contributed by atoms with Crippen molar-refractivity contribution in [2.75, 3.05) is 6.54 Å². The molecule has 1 aliphatic rings. The van der Waals surface area contributed by atoms with Gasteiger partial charge < -0.3 is 4.90 Å². The molecule has 132 valence electrons. The van der Waals surface area contributed by atoms with E-state index in [9.17, 15) is 8.42 Å². The molecule has 0 spiro atoms. The molecule has 0 saturated carbocycles. The summed E-state index contributed by atoms with van der Waals surface area (Å²) in [6.07, 6.45) is 4.10. The number of hydrogen-bond donors (Lipinski definition) is 0. The summed E-state index contributed by atoms with van der Waals surface area (Å²) in [4.78, 5) is 2.62. The molecule has 0 aliphatic carbocycles. The largest absolute Gasteiger partial charge is 0.370 e. The lowest BCUT2D eigenvalue weighted by atomic mass is 10.1. The van der Waals surface area contributed by atoms with Gasteiger partial charge in [-0.05, 0) is 44.4 Å². The van der Waals surface area contributed by atoms with Crippen LogP contribution in [-0.4, -0.2) is 25.1 Å². The predicted molar refractivity (Wildman–Crippen MR) is 102 cm³/mol. The molecule has 1 unspecified atom stereocenters. The maximum absolute atomic E-state index is 13.1. The van der Waals surface area contributed by atoms with Gasteiger partial charge in [0.25, 0.3) is 0 Å². The van der Waals surface area contributed by atoms with Gasteiger partial charge in [0, 0.05) is 18.8 Å². The average molecular weight is 356 g/mol. The van der Waals surface area contributed by atoms with E-state index in [0.717, 1.165) is 37.2 Å². The monoisotopic (exact) mass is 355 g/mol. The van der Waals surface area contributed by atoms with Gasteiger partial charge in [-0.1, -0.05) is 54.1 Å². The van der Waals surface area contributed by atoms with E-state index in [4.69, 9.17) is 0 Å². The second kappa shape index (κ2) is 7.44. The quantitative estimate of drug-likeness (QED) is 0.801. The van der Waals surface area contributed by atoms with Crippen LogP contribution in [0, 0.1) is 6.92 Å². The summed E-state index contributed by atoms with van der Waals surface area (Å²) in [6.45, 7) is 5.42. The van der Waals surface area contributed by atoms with Crippen molar-refractivity contribution < 1.29 is 8.42 Å². The molecule has 4 heteroatoms. The van der Waals surface area contributed by atoms with Crippen LogP contribution in [0.15, 0.2) is 71.3 Å². The van der Waals surface area contributed by atoms with Crippen LogP contribution in [0.25, 0.3) is 0 Å². The topological polar surface area (TPSA) is 37.4 Å². The molecule has 0 bridgehead atoms. The molecule has 0 N–H and O–H groups in total. The summed E-state index contributed by atoms with van der Waals surface area (Å²) < 4.78 is 26.1. The Morgan fingerprint density at radius 1 is 1.04 bits per heavy atom. The van der Waals surface area contributed by atoms with Crippen molar-refractivity contribution in [3.63, 3.8) is 0 Å². The van der Waals surface area contributed by atoms with E-state index in [2.05, 4.69) is 23.1 Å². The molecule has 0 fully saturated rings. The Balaban J connectivity index is 1.86. The maximum Gasteiger partial charge on any atom is 0.186 e. The number of hydrogen-bond acceptors (Lipinski definition) is 3. The van der Waals surface area contributed by atoms with Gasteiger partial charge in [-0.2, -0.15) is 0 Å². The van der Waals surface area contributed by atoms with Crippen molar-refractivity contribution >= 4 is 9.84 Å². The average Bonchev–Trinajstić information content (AvgIpc) is 2.63. The van der Waals surface area contributed by atoms with Gasteiger partial charge in [-0.25, -0.2) is 8.42 Å². The van der Waals surface area contributed by atoms with Crippen LogP contribution in [0.2, 0.25) is 0 Å². The minimum Gasteiger partial charge on any atom is -0.370 e. The van der Waals surface area contributed by atoms with E-state index >= 15 is 0 Å². The fourth-order valence-corrected chi connectivity index (χ4v) is 4.77. The van der Waals surface area contributed by atoms with E-state index in [-0.39, 0.29) is 0 Å². The Labute approximate surface area is 150 Å². The van der Waals surface area contributed by atoms with Gasteiger partial charge >= 0.3 is 0 Å². The summed E-state index contributed by atoms with van der Waals surface area (Å²) in [5, 5.41) is -0.542. The molecule has 2 aromatic rings. The van der Waals surface area contributed by atoms with E-state index < -0.39 is 15.1 Å². The van der Waals surface area contributed by atoms with Gasteiger partial charge in [0.05, 0.1) is 4.90 Å². The van der Waals surface area contributed by atoms with Crippen molar-refractivity contribution in [3.05, 3.63) is 77.5 Å². The molecular formula is C21H25NO2S. The zero-order valence-electron chi connectivity index (χ0n) is 14.9. The van der Waals surface area contributed by atoms with Crippen LogP contribution >= 0.6 is 0 Å². The number of aryl methyl sites for hydroxylation is 1. The molecule has 0 amide bonds. The molecule has 0 aromatic heterocycles. The molecule has 25 heavy (non-hydrogen) atoms. The zero-order chi connectivity index (χ0) is 17.9. The molecule has 3 rings (SSSR count). The Morgan fingerprint density at radius 2 is 1.72 bits per heavy atom. The lowest BCUT2D eigenvalue weighted by molar-refractivity contribution is 0.307. The molecule has 2 aromatic carbocycles. The Kier molecular flexibility index (Phi) is 5.28. The smallest absolute Gasteiger partial charge is 0.186 e. The maximum atomic E-state index is 13.1. The SMILES string of the molecule is Cc1ccc(S(=O)(=O)C(C)C2=CCCCN2Cc2ccccc2)cc1. The van der Waals surface area contributed by atoms with Gasteiger partial charge in [0.15, 0.2) is 9.84 Å². The predicted octanol–water partition coefficient (Wildman–Crippen LogP) is 4.34. The Morgan fingerprint density at radius 3 is 2.40 bits per heavy atom. The molecular weight excluding hydrogens is 330 g/mol. The van der Waals surface area contributed by atoms with Crippen molar-refractivity contribution in [1.82, 2.24) is 4.90 Å². The summed E-state index contributed by atoms with van der Waals surface area (Å²) in [6, 6.07) is 17.4. The van der Waals surface area contributed by atoms with E-state index in [1.807, 2.05) is 44.2 Å². The summed E-state index contributed by atoms with van der Waals surface area (Å²) >= 11 is 0. The molecule has 0 saturated heterocycles. The molecule has 0 radical (unpaired) electrons. The minimum absolute atomic E-state index is 0.400. The Bertz CT molecular complexity index is 839. The Hall–Kier alpha value is -2.07. The minimum atomic E-state index is -3.39. The first-order valence-electron chi connectivity index (χ1n) is 8.78. The second-order valence-corrected chi connectivity index (χ2v) is 8.95. The highest BCUT2D eigenvalue weighted by Gasteiger charge is 2.30. The number of allylic oxidation sites excluding steroid dienone is 1. The van der Waals surface area contributed by atoms with Crippen molar-refractivity contribution in [2.45, 2.75) is 43.4 Å². The third kappa shape index (κ3) is 3.96. The molecule has 3 nitrogen and oxygen atoms in total. The van der Waals surface area contributed by atoms with E-state index in [1.54, 1.807) is 12.1 Å². The van der Waals surface area contributed by atoms with E-state index in [0.29, 0.717) is 4.90 Å². The van der Waals surface area contributed by atoms with Crippen LogP contribution in [0.4, 0.5) is 0 Å². The highest BCUT2D eigenvalue weighted by atomic mass is 32.2. The van der Waals surface area contributed by atoms with Gasteiger partial charge in [0.2, 0.25) is 0 Å². The summed E-state index contributed by atoms with van der Waals surface area (Å²) in [5.74, 6) is 0. The standard InChI is InChI=1S/C21H25NO2S/c1-17-11-13-20(14-12-17)25(23,24)18(2)21-10-6-7-15-22(21)16-19-8-4-3-5-9-19/h3-5,8-14,18H,6-7,15-16H2,1-2H3. The zero-order valence-corrected chi connectivity index (χ0v) is 15.7. The fraction of sp³-hybridized carbons (Fsp3) is 0.333. The highest BCUT2D eigenvalue weighted by molar-refractivity contribution is 7.92. The van der Waals surface area contributed by atoms with Crippen LogP contribution < -0.4 is 0 Å². The van der Waals surface area contributed by atoms with E-state index in [1.165, 1.54) is 5.56 Å². The number of rotatable bonds is 5. The normalized spacial score (nSPS) is 16.4. The first kappa shape index (κ1) is 17.7. The van der Waals surface area contributed by atoms with Crippen LogP contribution in [0.3, 0.4) is 0 Å². The van der Waals surface area contributed by atoms with Gasteiger partial charge in [0.1, 0.15) is 5.25 Å². The summed E-state index contributed by atoms with van der Waals surface area (Å²) in [7, 11) is -3.39. The number of sulfone groups is 1. The highest BCUT2D eigenvalue weighted by Crippen LogP contribution is 2.28. The van der Waals surface area contributed by atoms with Crippen molar-refractivity contribution in [3.8, 4) is 0 Å². The number of nitrogens with zero attached hydrogens (tertiary/aromatic N) is 1. The van der Waals surface area contributed by atoms with Crippen LogP contribution in [0.5, 0.6) is 0 Å². The summed E-state index contributed by atoms with van der Waals surface area (Å²) in [5.41, 5.74) is 3.19.